The Kier molecular flexibility index (Phi) is 3.19. The zero-order chi connectivity index (χ0) is 8.97. The highest BCUT2D eigenvalue weighted by atomic mass is 16.6. The monoisotopic (exact) mass is 172 g/mol. The summed E-state index contributed by atoms with van der Waals surface area (Å²) in [5, 5.41) is 10.2. The molecule has 0 atom stereocenters. The standard InChI is InChI=1S/C7H12N2O3/c1-7(9(10)11)6-8-2-4-12-5-3-8/h1-6H2. The molecule has 0 saturated carbocycles. The molecule has 1 aliphatic heterocycles. The van der Waals surface area contributed by atoms with Crippen molar-refractivity contribution in [2.75, 3.05) is 32.8 Å². The van der Waals surface area contributed by atoms with E-state index in [1.165, 1.54) is 0 Å². The van der Waals surface area contributed by atoms with Crippen molar-refractivity contribution < 1.29 is 9.66 Å². The molecule has 1 saturated heterocycles. The fraction of sp³-hybridized carbons (Fsp3) is 0.714. The molecule has 1 fully saturated rings. The summed E-state index contributed by atoms with van der Waals surface area (Å²) in [7, 11) is 0. The van der Waals surface area contributed by atoms with E-state index in [0.717, 1.165) is 13.1 Å². The SMILES string of the molecule is C=C(CN1CCOCC1)[N+](=O)[O-]. The number of hydrogen-bond donors (Lipinski definition) is 0. The van der Waals surface area contributed by atoms with Gasteiger partial charge in [0.25, 0.3) is 5.70 Å². The Morgan fingerprint density at radius 2 is 2.17 bits per heavy atom. The van der Waals surface area contributed by atoms with Gasteiger partial charge in [0.2, 0.25) is 0 Å². The fourth-order valence-corrected chi connectivity index (χ4v) is 1.08. The number of nitro groups is 1. The van der Waals surface area contributed by atoms with Gasteiger partial charge in [0.05, 0.1) is 24.7 Å². The van der Waals surface area contributed by atoms with E-state index in [4.69, 9.17) is 4.74 Å². The maximum absolute atomic E-state index is 10.2. The lowest BCUT2D eigenvalue weighted by Crippen LogP contribution is -2.38. The van der Waals surface area contributed by atoms with Crippen molar-refractivity contribution in [3.63, 3.8) is 0 Å². The first-order valence-electron chi connectivity index (χ1n) is 3.82. The third kappa shape index (κ3) is 2.60. The van der Waals surface area contributed by atoms with Crippen LogP contribution < -0.4 is 0 Å². The molecule has 0 unspecified atom stereocenters. The third-order valence-corrected chi connectivity index (χ3v) is 1.77. The van der Waals surface area contributed by atoms with Crippen molar-refractivity contribution in [1.82, 2.24) is 4.90 Å². The van der Waals surface area contributed by atoms with Crippen LogP contribution in [-0.2, 0) is 4.74 Å². The summed E-state index contributed by atoms with van der Waals surface area (Å²) in [4.78, 5) is 11.8. The number of morpholine rings is 1. The summed E-state index contributed by atoms with van der Waals surface area (Å²) in [5.74, 6) is 0. The average molecular weight is 172 g/mol. The lowest BCUT2D eigenvalue weighted by Gasteiger charge is -2.24. The van der Waals surface area contributed by atoms with Crippen LogP contribution in [0, 0.1) is 10.1 Å². The molecule has 1 aliphatic rings. The number of hydrogen-bond acceptors (Lipinski definition) is 4. The Bertz CT molecular complexity index is 187. The Balaban J connectivity index is 2.29. The van der Waals surface area contributed by atoms with Gasteiger partial charge in [-0.15, -0.1) is 0 Å². The van der Waals surface area contributed by atoms with Crippen LogP contribution in [0.25, 0.3) is 0 Å². The van der Waals surface area contributed by atoms with E-state index in [9.17, 15) is 10.1 Å². The van der Waals surface area contributed by atoms with E-state index in [1.54, 1.807) is 0 Å². The molecule has 12 heavy (non-hydrogen) atoms. The molecule has 5 heteroatoms. The minimum atomic E-state index is -0.435. The van der Waals surface area contributed by atoms with Crippen LogP contribution in [0.1, 0.15) is 0 Å². The van der Waals surface area contributed by atoms with Crippen molar-refractivity contribution >= 4 is 0 Å². The Hall–Kier alpha value is -0.940. The Morgan fingerprint density at radius 1 is 1.58 bits per heavy atom. The lowest BCUT2D eigenvalue weighted by atomic mass is 10.4. The van der Waals surface area contributed by atoms with E-state index < -0.39 is 4.92 Å². The van der Waals surface area contributed by atoms with Gasteiger partial charge in [0, 0.05) is 13.1 Å². The van der Waals surface area contributed by atoms with Crippen LogP contribution >= 0.6 is 0 Å². The van der Waals surface area contributed by atoms with E-state index >= 15 is 0 Å². The maximum Gasteiger partial charge on any atom is 0.253 e. The fourth-order valence-electron chi connectivity index (χ4n) is 1.08. The van der Waals surface area contributed by atoms with E-state index in [1.807, 2.05) is 4.90 Å². The van der Waals surface area contributed by atoms with Crippen LogP contribution in [-0.4, -0.2) is 42.7 Å². The van der Waals surface area contributed by atoms with Gasteiger partial charge in [0.15, 0.2) is 0 Å². The molecular formula is C7H12N2O3. The molecule has 1 heterocycles. The van der Waals surface area contributed by atoms with Crippen LogP contribution in [0.4, 0.5) is 0 Å². The molecule has 68 valence electrons. The molecular weight excluding hydrogens is 160 g/mol. The quantitative estimate of drug-likeness (QED) is 0.448. The van der Waals surface area contributed by atoms with Crippen molar-refractivity contribution in [2.24, 2.45) is 0 Å². The first-order chi connectivity index (χ1) is 5.70. The van der Waals surface area contributed by atoms with Gasteiger partial charge in [-0.1, -0.05) is 0 Å². The van der Waals surface area contributed by atoms with E-state index in [0.29, 0.717) is 19.8 Å². The average Bonchev–Trinajstić information content (AvgIpc) is 2.06. The van der Waals surface area contributed by atoms with Gasteiger partial charge >= 0.3 is 0 Å². The summed E-state index contributed by atoms with van der Waals surface area (Å²) in [6.07, 6.45) is 0. The highest BCUT2D eigenvalue weighted by molar-refractivity contribution is 4.85. The summed E-state index contributed by atoms with van der Waals surface area (Å²) < 4.78 is 5.10. The molecule has 0 aromatic rings. The largest absolute Gasteiger partial charge is 0.379 e. The van der Waals surface area contributed by atoms with Gasteiger partial charge in [-0.25, -0.2) is 0 Å². The van der Waals surface area contributed by atoms with Gasteiger partial charge in [-0.05, 0) is 6.58 Å². The molecule has 0 aromatic heterocycles. The number of rotatable bonds is 3. The lowest BCUT2D eigenvalue weighted by molar-refractivity contribution is -0.427. The van der Waals surface area contributed by atoms with E-state index in [-0.39, 0.29) is 5.70 Å². The molecule has 5 nitrogen and oxygen atoms in total. The third-order valence-electron chi connectivity index (χ3n) is 1.77. The zero-order valence-electron chi connectivity index (χ0n) is 6.86. The van der Waals surface area contributed by atoms with Crippen molar-refractivity contribution in [2.45, 2.75) is 0 Å². The molecule has 0 aliphatic carbocycles. The predicted molar refractivity (Wildman–Crippen MR) is 43.4 cm³/mol. The normalized spacial score (nSPS) is 19.0. The molecule has 0 bridgehead atoms. The summed E-state index contributed by atoms with van der Waals surface area (Å²) in [6, 6.07) is 0. The predicted octanol–water partition coefficient (Wildman–Crippen LogP) is 0.109. The van der Waals surface area contributed by atoms with Crippen molar-refractivity contribution in [3.05, 3.63) is 22.4 Å². The summed E-state index contributed by atoms with van der Waals surface area (Å²) >= 11 is 0. The van der Waals surface area contributed by atoms with Crippen molar-refractivity contribution in [3.8, 4) is 0 Å². The van der Waals surface area contributed by atoms with Crippen molar-refractivity contribution in [1.29, 1.82) is 0 Å². The first kappa shape index (κ1) is 9.15. The molecule has 0 amide bonds. The number of ether oxygens (including phenoxy) is 1. The minimum Gasteiger partial charge on any atom is -0.379 e. The topological polar surface area (TPSA) is 55.6 Å². The van der Waals surface area contributed by atoms with Gasteiger partial charge in [0.1, 0.15) is 0 Å². The van der Waals surface area contributed by atoms with Crippen LogP contribution in [0.2, 0.25) is 0 Å². The molecule has 0 radical (unpaired) electrons. The van der Waals surface area contributed by atoms with Gasteiger partial charge < -0.3 is 4.74 Å². The van der Waals surface area contributed by atoms with E-state index in [2.05, 4.69) is 6.58 Å². The van der Waals surface area contributed by atoms with Gasteiger partial charge in [-0.3, -0.25) is 15.0 Å². The number of nitrogens with zero attached hydrogens (tertiary/aromatic N) is 2. The Labute approximate surface area is 70.8 Å². The maximum atomic E-state index is 10.2. The zero-order valence-corrected chi connectivity index (χ0v) is 6.86. The second kappa shape index (κ2) is 4.18. The minimum absolute atomic E-state index is 0.0527. The molecule has 1 rings (SSSR count). The summed E-state index contributed by atoms with van der Waals surface area (Å²) in [6.45, 7) is 6.54. The summed E-state index contributed by atoms with van der Waals surface area (Å²) in [5.41, 5.74) is 0.0527. The molecule has 0 spiro atoms. The van der Waals surface area contributed by atoms with Crippen LogP contribution in [0.5, 0.6) is 0 Å². The highest BCUT2D eigenvalue weighted by Gasteiger charge is 2.15. The highest BCUT2D eigenvalue weighted by Crippen LogP contribution is 2.01. The first-order valence-corrected chi connectivity index (χ1v) is 3.82. The second-order valence-electron chi connectivity index (χ2n) is 2.71. The molecule has 0 aromatic carbocycles. The second-order valence-corrected chi connectivity index (χ2v) is 2.71. The molecule has 0 N–H and O–H groups in total. The smallest absolute Gasteiger partial charge is 0.253 e. The van der Waals surface area contributed by atoms with Crippen LogP contribution in [0.15, 0.2) is 12.3 Å². The van der Waals surface area contributed by atoms with Gasteiger partial charge in [-0.2, -0.15) is 0 Å². The Morgan fingerprint density at radius 3 is 2.67 bits per heavy atom. The van der Waals surface area contributed by atoms with Crippen LogP contribution in [0.3, 0.4) is 0 Å².